The Labute approximate surface area is 155 Å². The molecule has 0 atom stereocenters. The van der Waals surface area contributed by atoms with Gasteiger partial charge in [-0.05, 0) is 36.8 Å². The summed E-state index contributed by atoms with van der Waals surface area (Å²) in [7, 11) is 2.08. The highest BCUT2D eigenvalue weighted by atomic mass is 32.2. The summed E-state index contributed by atoms with van der Waals surface area (Å²) in [6.45, 7) is 1.78. The zero-order valence-corrected chi connectivity index (χ0v) is 15.2. The number of nitrogens with zero attached hydrogens (tertiary/aromatic N) is 4. The quantitative estimate of drug-likeness (QED) is 0.537. The summed E-state index contributed by atoms with van der Waals surface area (Å²) in [6.07, 6.45) is 1.71. The number of rotatable bonds is 3. The van der Waals surface area contributed by atoms with Crippen molar-refractivity contribution in [2.45, 2.75) is 16.7 Å². The van der Waals surface area contributed by atoms with Crippen LogP contribution in [0.1, 0.15) is 11.3 Å². The molecular formula is C19H17N5OS. The number of nitrogens with one attached hydrogen (secondary N) is 1. The fraction of sp³-hybridized carbons (Fsp3) is 0.105. The highest BCUT2D eigenvalue weighted by Gasteiger charge is 2.20. The third kappa shape index (κ3) is 3.21. The fourth-order valence-electron chi connectivity index (χ4n) is 2.81. The smallest absolute Gasteiger partial charge is 0.247 e. The van der Waals surface area contributed by atoms with E-state index < -0.39 is 0 Å². The van der Waals surface area contributed by atoms with Crippen molar-refractivity contribution in [1.29, 1.82) is 0 Å². The number of para-hydroxylation sites is 1. The second-order valence-corrected chi connectivity index (χ2v) is 7.00. The van der Waals surface area contributed by atoms with Crippen molar-refractivity contribution in [2.75, 3.05) is 17.4 Å². The predicted octanol–water partition coefficient (Wildman–Crippen LogP) is 4.17. The minimum absolute atomic E-state index is 0.0814. The van der Waals surface area contributed by atoms with Gasteiger partial charge in [0.15, 0.2) is 0 Å². The van der Waals surface area contributed by atoms with Crippen LogP contribution >= 0.6 is 11.8 Å². The highest BCUT2D eigenvalue weighted by molar-refractivity contribution is 7.99. The van der Waals surface area contributed by atoms with Crippen molar-refractivity contribution >= 4 is 35.3 Å². The van der Waals surface area contributed by atoms with Crippen molar-refractivity contribution in [2.24, 2.45) is 5.10 Å². The predicted molar refractivity (Wildman–Crippen MR) is 105 cm³/mol. The molecule has 6 nitrogen and oxygen atoms in total. The average molecular weight is 363 g/mol. The SMILES string of the molecule is Cc1cc(O)nc(N/N=C/c2ccc3c(c2)Sc2ccccc2N3C)n1. The molecule has 0 spiro atoms. The van der Waals surface area contributed by atoms with Crippen molar-refractivity contribution in [3.05, 3.63) is 59.8 Å². The summed E-state index contributed by atoms with van der Waals surface area (Å²) >= 11 is 1.75. The van der Waals surface area contributed by atoms with Gasteiger partial charge in [0, 0.05) is 28.6 Å². The molecule has 1 aliphatic heterocycles. The number of hydrazone groups is 1. The molecule has 0 unspecified atom stereocenters. The zero-order valence-electron chi connectivity index (χ0n) is 14.3. The lowest BCUT2D eigenvalue weighted by atomic mass is 10.2. The van der Waals surface area contributed by atoms with E-state index in [-0.39, 0.29) is 11.8 Å². The molecule has 0 radical (unpaired) electrons. The van der Waals surface area contributed by atoms with Gasteiger partial charge in [-0.15, -0.1) is 0 Å². The second kappa shape index (κ2) is 6.68. The molecule has 0 amide bonds. The second-order valence-electron chi connectivity index (χ2n) is 5.92. The molecule has 0 saturated heterocycles. The first kappa shape index (κ1) is 16.4. The lowest BCUT2D eigenvalue weighted by molar-refractivity contribution is 0.452. The highest BCUT2D eigenvalue weighted by Crippen LogP contribution is 2.47. The van der Waals surface area contributed by atoms with E-state index in [1.165, 1.54) is 27.2 Å². The van der Waals surface area contributed by atoms with E-state index >= 15 is 0 Å². The van der Waals surface area contributed by atoms with Crippen molar-refractivity contribution in [3.63, 3.8) is 0 Å². The number of aryl methyl sites for hydroxylation is 1. The number of benzene rings is 2. The van der Waals surface area contributed by atoms with Gasteiger partial charge in [0.25, 0.3) is 0 Å². The molecule has 0 saturated carbocycles. The molecule has 26 heavy (non-hydrogen) atoms. The molecule has 7 heteroatoms. The first-order valence-electron chi connectivity index (χ1n) is 8.08. The van der Waals surface area contributed by atoms with Gasteiger partial charge in [-0.2, -0.15) is 10.1 Å². The molecule has 0 aliphatic carbocycles. The van der Waals surface area contributed by atoms with Gasteiger partial charge in [-0.1, -0.05) is 30.0 Å². The van der Waals surface area contributed by atoms with E-state index in [0.29, 0.717) is 5.69 Å². The Kier molecular flexibility index (Phi) is 4.22. The van der Waals surface area contributed by atoms with Crippen molar-refractivity contribution in [1.82, 2.24) is 9.97 Å². The zero-order chi connectivity index (χ0) is 18.1. The lowest BCUT2D eigenvalue weighted by Crippen LogP contribution is -2.14. The van der Waals surface area contributed by atoms with Crippen LogP contribution in [0.25, 0.3) is 0 Å². The van der Waals surface area contributed by atoms with Crippen molar-refractivity contribution in [3.8, 4) is 5.88 Å². The monoisotopic (exact) mass is 363 g/mol. The van der Waals surface area contributed by atoms with Crippen LogP contribution in [0.2, 0.25) is 0 Å². The number of fused-ring (bicyclic) bond motifs is 2. The molecule has 3 aromatic rings. The molecule has 4 rings (SSSR count). The Hall–Kier alpha value is -3.06. The van der Waals surface area contributed by atoms with E-state index in [0.717, 1.165) is 5.56 Å². The average Bonchev–Trinajstić information content (AvgIpc) is 2.61. The van der Waals surface area contributed by atoms with Crippen LogP contribution in [0.3, 0.4) is 0 Å². The maximum absolute atomic E-state index is 9.50. The largest absolute Gasteiger partial charge is 0.493 e. The summed E-state index contributed by atoms with van der Waals surface area (Å²) in [6, 6.07) is 16.1. The fourth-order valence-corrected chi connectivity index (χ4v) is 4.00. The Morgan fingerprint density at radius 1 is 1.08 bits per heavy atom. The van der Waals surface area contributed by atoms with Crippen LogP contribution in [0.4, 0.5) is 17.3 Å². The summed E-state index contributed by atoms with van der Waals surface area (Å²) in [5.74, 6) is 0.182. The Morgan fingerprint density at radius 3 is 2.73 bits per heavy atom. The molecule has 130 valence electrons. The van der Waals surface area contributed by atoms with Gasteiger partial charge in [0.2, 0.25) is 11.8 Å². The summed E-state index contributed by atoms with van der Waals surface area (Å²) < 4.78 is 0. The standard InChI is InChI=1S/C19H17N5OS/c1-12-9-18(25)22-19(21-12)23-20-11-13-7-8-15-17(10-13)26-16-6-4-3-5-14(16)24(15)2/h3-11H,1-2H3,(H2,21,22,23,25)/b20-11+. The van der Waals surface area contributed by atoms with E-state index in [1.54, 1.807) is 24.9 Å². The molecular weight excluding hydrogens is 346 g/mol. The summed E-state index contributed by atoms with van der Waals surface area (Å²) in [5, 5.41) is 13.7. The first-order chi connectivity index (χ1) is 12.6. The van der Waals surface area contributed by atoms with E-state index in [1.807, 2.05) is 6.07 Å². The van der Waals surface area contributed by atoms with Crippen molar-refractivity contribution < 1.29 is 5.11 Å². The van der Waals surface area contributed by atoms with Crippen LogP contribution in [0.5, 0.6) is 5.88 Å². The maximum atomic E-state index is 9.50. The molecule has 1 aromatic heterocycles. The van der Waals surface area contributed by atoms with Crippen LogP contribution < -0.4 is 10.3 Å². The molecule has 2 N–H and O–H groups in total. The van der Waals surface area contributed by atoms with Crippen LogP contribution in [-0.2, 0) is 0 Å². The van der Waals surface area contributed by atoms with Gasteiger partial charge in [-0.3, -0.25) is 0 Å². The molecule has 1 aliphatic rings. The van der Waals surface area contributed by atoms with E-state index in [4.69, 9.17) is 0 Å². The summed E-state index contributed by atoms with van der Waals surface area (Å²) in [5.41, 5.74) is 6.77. The Bertz CT molecular complexity index is 985. The molecule has 2 heterocycles. The number of hydrogen-bond acceptors (Lipinski definition) is 7. The number of aromatic hydroxyl groups is 1. The van der Waals surface area contributed by atoms with Crippen LogP contribution in [-0.4, -0.2) is 28.3 Å². The van der Waals surface area contributed by atoms with Crippen LogP contribution in [0.15, 0.2) is 63.4 Å². The number of aromatic nitrogens is 2. The van der Waals surface area contributed by atoms with Gasteiger partial charge in [0.1, 0.15) is 0 Å². The Balaban J connectivity index is 1.55. The van der Waals surface area contributed by atoms with Gasteiger partial charge < -0.3 is 10.0 Å². The maximum Gasteiger partial charge on any atom is 0.247 e. The topological polar surface area (TPSA) is 73.6 Å². The summed E-state index contributed by atoms with van der Waals surface area (Å²) in [4.78, 5) is 12.7. The number of hydrogen-bond donors (Lipinski definition) is 2. The molecule has 0 fully saturated rings. The first-order valence-corrected chi connectivity index (χ1v) is 8.90. The third-order valence-corrected chi connectivity index (χ3v) is 5.12. The van der Waals surface area contributed by atoms with E-state index in [2.05, 4.69) is 68.8 Å². The minimum Gasteiger partial charge on any atom is -0.493 e. The normalized spacial score (nSPS) is 12.8. The molecule has 0 bridgehead atoms. The third-order valence-electron chi connectivity index (χ3n) is 4.01. The lowest BCUT2D eigenvalue weighted by Gasteiger charge is -2.29. The molecule has 2 aromatic carbocycles. The minimum atomic E-state index is -0.0814. The van der Waals surface area contributed by atoms with Crippen LogP contribution in [0, 0.1) is 6.92 Å². The Morgan fingerprint density at radius 2 is 1.88 bits per heavy atom. The van der Waals surface area contributed by atoms with E-state index in [9.17, 15) is 5.11 Å². The number of anilines is 3. The van der Waals surface area contributed by atoms with Gasteiger partial charge >= 0.3 is 0 Å². The van der Waals surface area contributed by atoms with Gasteiger partial charge in [0.05, 0.1) is 17.6 Å². The van der Waals surface area contributed by atoms with Gasteiger partial charge in [-0.25, -0.2) is 10.4 Å².